The monoisotopic (exact) mass is 288 g/mol. The van der Waals surface area contributed by atoms with Gasteiger partial charge in [-0.3, -0.25) is 9.88 Å². The highest BCUT2D eigenvalue weighted by molar-refractivity contribution is 6.62. The van der Waals surface area contributed by atoms with E-state index in [0.29, 0.717) is 5.76 Å². The van der Waals surface area contributed by atoms with Crippen molar-refractivity contribution in [1.29, 1.82) is 0 Å². The van der Waals surface area contributed by atoms with Crippen LogP contribution in [0.3, 0.4) is 0 Å². The van der Waals surface area contributed by atoms with Crippen LogP contribution in [0.2, 0.25) is 0 Å². The third kappa shape index (κ3) is 3.28. The Morgan fingerprint density at radius 3 is 2.76 bits per heavy atom. The zero-order chi connectivity index (χ0) is 14.9. The van der Waals surface area contributed by atoms with Crippen molar-refractivity contribution >= 4 is 12.6 Å². The van der Waals surface area contributed by atoms with Crippen molar-refractivity contribution in [3.05, 3.63) is 36.4 Å². The zero-order valence-electron chi connectivity index (χ0n) is 12.7. The lowest BCUT2D eigenvalue weighted by Gasteiger charge is -2.26. The molecule has 0 saturated carbocycles. The Balaban J connectivity index is 1.70. The van der Waals surface area contributed by atoms with Gasteiger partial charge in [-0.2, -0.15) is 0 Å². The smallest absolute Gasteiger partial charge is 0.534 e. The molecule has 6 heteroatoms. The zero-order valence-corrected chi connectivity index (χ0v) is 12.7. The highest BCUT2D eigenvalue weighted by Crippen LogP contribution is 2.29. The average molecular weight is 288 g/mol. The Bertz CT molecular complexity index is 529. The fourth-order valence-corrected chi connectivity index (χ4v) is 2.51. The molecule has 0 unspecified atom stereocenters. The lowest BCUT2D eigenvalue weighted by molar-refractivity contribution is 0.0341. The molecule has 0 bridgehead atoms. The van der Waals surface area contributed by atoms with E-state index in [2.05, 4.69) is 22.5 Å². The van der Waals surface area contributed by atoms with Crippen LogP contribution in [0.25, 0.3) is 0 Å². The molecular formula is C15H21BN2O3. The summed E-state index contributed by atoms with van der Waals surface area (Å²) < 4.78 is 17.0. The van der Waals surface area contributed by atoms with E-state index in [4.69, 9.17) is 14.0 Å². The highest BCUT2D eigenvalue weighted by atomic mass is 16.7. The van der Waals surface area contributed by atoms with Gasteiger partial charge in [0.25, 0.3) is 0 Å². The number of ether oxygens (including phenoxy) is 1. The molecule has 0 radical (unpaired) electrons. The van der Waals surface area contributed by atoms with E-state index in [-0.39, 0.29) is 0 Å². The van der Waals surface area contributed by atoms with Crippen molar-refractivity contribution < 1.29 is 14.0 Å². The fourth-order valence-electron chi connectivity index (χ4n) is 2.51. The van der Waals surface area contributed by atoms with Crippen molar-refractivity contribution in [1.82, 2.24) is 9.88 Å². The largest absolute Gasteiger partial charge is 0.564 e. The Morgan fingerprint density at radius 2 is 2.10 bits per heavy atom. The molecule has 0 aliphatic carbocycles. The van der Waals surface area contributed by atoms with E-state index in [1.165, 1.54) is 0 Å². The molecule has 2 aliphatic rings. The van der Waals surface area contributed by atoms with E-state index in [0.717, 1.165) is 43.9 Å². The first kappa shape index (κ1) is 14.6. The maximum absolute atomic E-state index is 5.90. The second-order valence-electron chi connectivity index (χ2n) is 6.02. The molecule has 0 N–H and O–H groups in total. The number of rotatable bonds is 3. The lowest BCUT2D eigenvalue weighted by atomic mass is 9.80. The number of hydrogen-bond acceptors (Lipinski definition) is 5. The van der Waals surface area contributed by atoms with Gasteiger partial charge in [0.1, 0.15) is 5.60 Å². The third-order valence-corrected chi connectivity index (χ3v) is 3.92. The van der Waals surface area contributed by atoms with Crippen LogP contribution in [0, 0.1) is 0 Å². The standard InChI is InChI=1S/C15H21BN2O3/c1-12-15(2,3)21-16(20-12)14-8-13(9-17-10-14)11-18-4-6-19-7-5-18/h8-10H,1,4-7,11H2,2-3H3. The first-order chi connectivity index (χ1) is 10.0. The SMILES string of the molecule is C=C1OB(c2cncc(CN3CCOCC3)c2)OC1(C)C. The van der Waals surface area contributed by atoms with Gasteiger partial charge in [0, 0.05) is 37.5 Å². The molecule has 1 aromatic rings. The van der Waals surface area contributed by atoms with Gasteiger partial charge in [0.2, 0.25) is 0 Å². The summed E-state index contributed by atoms with van der Waals surface area (Å²) in [6, 6.07) is 2.10. The third-order valence-electron chi connectivity index (χ3n) is 3.92. The number of morpholine rings is 1. The predicted octanol–water partition coefficient (Wildman–Crippen LogP) is 0.948. The minimum Gasteiger partial charge on any atom is -0.534 e. The number of hydrogen-bond donors (Lipinski definition) is 0. The summed E-state index contributed by atoms with van der Waals surface area (Å²) in [7, 11) is -0.412. The molecule has 2 saturated heterocycles. The Kier molecular flexibility index (Phi) is 4.02. The van der Waals surface area contributed by atoms with Gasteiger partial charge in [-0.25, -0.2) is 0 Å². The lowest BCUT2D eigenvalue weighted by Crippen LogP contribution is -2.37. The first-order valence-corrected chi connectivity index (χ1v) is 7.32. The summed E-state index contributed by atoms with van der Waals surface area (Å²) in [5.41, 5.74) is 1.65. The fraction of sp³-hybridized carbons (Fsp3) is 0.533. The van der Waals surface area contributed by atoms with Crippen molar-refractivity contribution in [2.75, 3.05) is 26.3 Å². The second kappa shape index (κ2) is 5.79. The van der Waals surface area contributed by atoms with Gasteiger partial charge in [-0.1, -0.05) is 12.6 Å². The van der Waals surface area contributed by atoms with Gasteiger partial charge in [0.05, 0.1) is 19.0 Å². The molecule has 3 heterocycles. The number of pyridine rings is 1. The normalized spacial score (nSPS) is 22.4. The quantitative estimate of drug-likeness (QED) is 0.775. The summed E-state index contributed by atoms with van der Waals surface area (Å²) >= 11 is 0. The summed E-state index contributed by atoms with van der Waals surface area (Å²) in [5, 5.41) is 0. The van der Waals surface area contributed by atoms with Crippen LogP contribution in [-0.4, -0.2) is 48.9 Å². The van der Waals surface area contributed by atoms with Gasteiger partial charge >= 0.3 is 7.12 Å². The molecule has 5 nitrogen and oxygen atoms in total. The van der Waals surface area contributed by atoms with Crippen LogP contribution < -0.4 is 5.46 Å². The topological polar surface area (TPSA) is 43.8 Å². The van der Waals surface area contributed by atoms with E-state index in [9.17, 15) is 0 Å². The molecule has 21 heavy (non-hydrogen) atoms. The Hall–Kier alpha value is -1.37. The molecule has 3 rings (SSSR count). The van der Waals surface area contributed by atoms with Crippen LogP contribution in [-0.2, 0) is 20.6 Å². The predicted molar refractivity (Wildman–Crippen MR) is 81.1 cm³/mol. The molecule has 112 valence electrons. The summed E-state index contributed by atoms with van der Waals surface area (Å²) in [6.45, 7) is 12.2. The molecule has 1 aromatic heterocycles. The summed E-state index contributed by atoms with van der Waals surface area (Å²) in [4.78, 5) is 6.68. The van der Waals surface area contributed by atoms with E-state index >= 15 is 0 Å². The van der Waals surface area contributed by atoms with Crippen molar-refractivity contribution in [3.63, 3.8) is 0 Å². The van der Waals surface area contributed by atoms with E-state index in [1.54, 1.807) is 6.20 Å². The average Bonchev–Trinajstić information content (AvgIpc) is 2.74. The molecule has 2 aliphatic heterocycles. The van der Waals surface area contributed by atoms with Crippen molar-refractivity contribution in [3.8, 4) is 0 Å². The Morgan fingerprint density at radius 1 is 1.33 bits per heavy atom. The maximum Gasteiger partial charge on any atom is 0.564 e. The van der Waals surface area contributed by atoms with Crippen LogP contribution >= 0.6 is 0 Å². The summed E-state index contributed by atoms with van der Waals surface area (Å²) in [6.07, 6.45) is 3.69. The first-order valence-electron chi connectivity index (χ1n) is 7.32. The minimum absolute atomic E-state index is 0.412. The molecule has 0 spiro atoms. The van der Waals surface area contributed by atoms with Crippen LogP contribution in [0.4, 0.5) is 0 Å². The molecule has 0 atom stereocenters. The van der Waals surface area contributed by atoms with Gasteiger partial charge in [0.15, 0.2) is 0 Å². The van der Waals surface area contributed by atoms with E-state index in [1.807, 2.05) is 20.0 Å². The van der Waals surface area contributed by atoms with E-state index < -0.39 is 12.7 Å². The van der Waals surface area contributed by atoms with Crippen LogP contribution in [0.1, 0.15) is 19.4 Å². The Labute approximate surface area is 126 Å². The van der Waals surface area contributed by atoms with Crippen LogP contribution in [0.5, 0.6) is 0 Å². The molecular weight excluding hydrogens is 267 g/mol. The molecule has 0 aromatic carbocycles. The van der Waals surface area contributed by atoms with Gasteiger partial charge < -0.3 is 14.0 Å². The van der Waals surface area contributed by atoms with Gasteiger partial charge in [-0.05, 0) is 19.4 Å². The molecule has 0 amide bonds. The maximum atomic E-state index is 5.90. The minimum atomic E-state index is -0.453. The summed E-state index contributed by atoms with van der Waals surface area (Å²) in [5.74, 6) is 0.658. The van der Waals surface area contributed by atoms with Crippen molar-refractivity contribution in [2.24, 2.45) is 0 Å². The van der Waals surface area contributed by atoms with Crippen LogP contribution in [0.15, 0.2) is 30.8 Å². The van der Waals surface area contributed by atoms with Crippen molar-refractivity contribution in [2.45, 2.75) is 26.0 Å². The van der Waals surface area contributed by atoms with Gasteiger partial charge in [-0.15, -0.1) is 0 Å². The molecule has 2 fully saturated rings. The highest BCUT2D eigenvalue weighted by Gasteiger charge is 2.43. The number of nitrogens with zero attached hydrogens (tertiary/aromatic N) is 2. The second-order valence-corrected chi connectivity index (χ2v) is 6.02. The number of aromatic nitrogens is 1.